The molecule has 0 spiro atoms. The molecule has 4 nitrogen and oxygen atoms in total. The number of benzene rings is 1. The van der Waals surface area contributed by atoms with E-state index in [1.165, 1.54) is 32.1 Å². The van der Waals surface area contributed by atoms with E-state index in [1.807, 2.05) is 48.2 Å². The number of fused-ring (bicyclic) bond motifs is 1. The van der Waals surface area contributed by atoms with Crippen LogP contribution in [-0.2, 0) is 5.75 Å². The number of hydrogen-bond acceptors (Lipinski definition) is 4. The molecule has 5 heteroatoms. The number of nitrogens with zero attached hydrogens (tertiary/aromatic N) is 1. The fourth-order valence-corrected chi connectivity index (χ4v) is 4.82. The monoisotopic (exact) mass is 366 g/mol. The van der Waals surface area contributed by atoms with Crippen molar-refractivity contribution in [2.45, 2.75) is 43.1 Å². The first kappa shape index (κ1) is 17.2. The van der Waals surface area contributed by atoms with Crippen LogP contribution in [0.4, 0.5) is 5.82 Å². The summed E-state index contributed by atoms with van der Waals surface area (Å²) in [7, 11) is 0. The van der Waals surface area contributed by atoms with Crippen molar-refractivity contribution >= 4 is 34.5 Å². The number of furan rings is 1. The Labute approximate surface area is 157 Å². The van der Waals surface area contributed by atoms with E-state index in [4.69, 9.17) is 4.42 Å². The summed E-state index contributed by atoms with van der Waals surface area (Å²) in [4.78, 5) is 17.0. The lowest BCUT2D eigenvalue weighted by molar-refractivity contribution is 0.0997. The number of carbonyl (C=O) groups is 1. The predicted octanol–water partition coefficient (Wildman–Crippen LogP) is 5.65. The zero-order valence-corrected chi connectivity index (χ0v) is 15.4. The Morgan fingerprint density at radius 1 is 1.12 bits per heavy atom. The highest BCUT2D eigenvalue weighted by Gasteiger charge is 2.22. The lowest BCUT2D eigenvalue weighted by Crippen LogP contribution is -2.14. The maximum absolute atomic E-state index is 12.8. The molecule has 1 aliphatic rings. The molecule has 2 heterocycles. The van der Waals surface area contributed by atoms with Gasteiger partial charge in [0.05, 0.1) is 0 Å². The Morgan fingerprint density at radius 2 is 1.92 bits per heavy atom. The molecule has 1 saturated carbocycles. The zero-order valence-electron chi connectivity index (χ0n) is 14.6. The SMILES string of the molecule is O=C(Nc1ccccn1)c1oc2ccccc2c1CSC1CCCCC1. The van der Waals surface area contributed by atoms with Crippen LogP contribution in [0.2, 0.25) is 0 Å². The van der Waals surface area contributed by atoms with E-state index >= 15 is 0 Å². The van der Waals surface area contributed by atoms with E-state index in [2.05, 4.69) is 10.3 Å². The second-order valence-electron chi connectivity index (χ2n) is 6.65. The van der Waals surface area contributed by atoms with Crippen molar-refractivity contribution in [1.29, 1.82) is 0 Å². The van der Waals surface area contributed by atoms with Crippen molar-refractivity contribution < 1.29 is 9.21 Å². The molecular weight excluding hydrogens is 344 g/mol. The summed E-state index contributed by atoms with van der Waals surface area (Å²) in [6, 6.07) is 13.3. The highest BCUT2D eigenvalue weighted by atomic mass is 32.2. The Hall–Kier alpha value is -2.27. The molecule has 134 valence electrons. The van der Waals surface area contributed by atoms with Crippen LogP contribution in [0.1, 0.15) is 48.2 Å². The molecule has 3 aromatic rings. The summed E-state index contributed by atoms with van der Waals surface area (Å²) in [5.41, 5.74) is 1.75. The quantitative estimate of drug-likeness (QED) is 0.634. The minimum absolute atomic E-state index is 0.237. The first-order valence-electron chi connectivity index (χ1n) is 9.15. The molecule has 1 aromatic carbocycles. The molecular formula is C21H22N2O2S. The van der Waals surface area contributed by atoms with Crippen molar-refractivity contribution in [1.82, 2.24) is 4.98 Å². The summed E-state index contributed by atoms with van der Waals surface area (Å²) in [6.45, 7) is 0. The van der Waals surface area contributed by atoms with Crippen LogP contribution in [0.15, 0.2) is 53.1 Å². The van der Waals surface area contributed by atoms with Gasteiger partial charge < -0.3 is 9.73 Å². The molecule has 1 amide bonds. The summed E-state index contributed by atoms with van der Waals surface area (Å²) in [6.07, 6.45) is 8.19. The van der Waals surface area contributed by atoms with Gasteiger partial charge in [-0.1, -0.05) is 43.5 Å². The Balaban J connectivity index is 1.59. The maximum atomic E-state index is 12.8. The summed E-state index contributed by atoms with van der Waals surface area (Å²) >= 11 is 1.95. The van der Waals surface area contributed by atoms with Gasteiger partial charge in [0.15, 0.2) is 5.76 Å². The highest BCUT2D eigenvalue weighted by molar-refractivity contribution is 7.99. The van der Waals surface area contributed by atoms with E-state index < -0.39 is 0 Å². The molecule has 0 unspecified atom stereocenters. The Kier molecular flexibility index (Phi) is 5.25. The number of amides is 1. The molecule has 0 saturated heterocycles. The van der Waals surface area contributed by atoms with Crippen LogP contribution < -0.4 is 5.32 Å². The van der Waals surface area contributed by atoms with Gasteiger partial charge in [-0.05, 0) is 31.0 Å². The zero-order chi connectivity index (χ0) is 17.8. The third kappa shape index (κ3) is 3.78. The highest BCUT2D eigenvalue weighted by Crippen LogP contribution is 2.35. The third-order valence-corrected chi connectivity index (χ3v) is 6.22. The Morgan fingerprint density at radius 3 is 2.73 bits per heavy atom. The molecule has 26 heavy (non-hydrogen) atoms. The lowest BCUT2D eigenvalue weighted by atomic mass is 10.0. The number of nitrogens with one attached hydrogen (secondary N) is 1. The fourth-order valence-electron chi connectivity index (χ4n) is 3.47. The topological polar surface area (TPSA) is 55.1 Å². The van der Waals surface area contributed by atoms with Gasteiger partial charge in [0, 0.05) is 28.1 Å². The molecule has 4 rings (SSSR count). The van der Waals surface area contributed by atoms with Gasteiger partial charge in [0.1, 0.15) is 11.4 Å². The lowest BCUT2D eigenvalue weighted by Gasteiger charge is -2.20. The van der Waals surface area contributed by atoms with E-state index in [-0.39, 0.29) is 5.91 Å². The smallest absolute Gasteiger partial charge is 0.292 e. The van der Waals surface area contributed by atoms with Gasteiger partial charge in [0.2, 0.25) is 0 Å². The minimum Gasteiger partial charge on any atom is -0.451 e. The van der Waals surface area contributed by atoms with Crippen LogP contribution in [-0.4, -0.2) is 16.1 Å². The van der Waals surface area contributed by atoms with E-state index in [1.54, 1.807) is 12.3 Å². The van der Waals surface area contributed by atoms with Crippen LogP contribution in [0.5, 0.6) is 0 Å². The Bertz CT molecular complexity index is 885. The number of thioether (sulfide) groups is 1. The molecule has 0 radical (unpaired) electrons. The van der Waals surface area contributed by atoms with Crippen molar-refractivity contribution in [3.05, 3.63) is 60.0 Å². The molecule has 2 aromatic heterocycles. The van der Waals surface area contributed by atoms with E-state index in [9.17, 15) is 4.79 Å². The molecule has 0 atom stereocenters. The summed E-state index contributed by atoms with van der Waals surface area (Å²) in [5, 5.41) is 4.56. The molecule has 0 bridgehead atoms. The van der Waals surface area contributed by atoms with Crippen LogP contribution in [0.25, 0.3) is 11.0 Å². The third-order valence-electron chi connectivity index (χ3n) is 4.83. The van der Waals surface area contributed by atoms with E-state index in [0.717, 1.165) is 22.3 Å². The standard InChI is InChI=1S/C21H22N2O2S/c24-21(23-19-12-6-7-13-22-19)20-17(14-26-15-8-2-1-3-9-15)16-10-4-5-11-18(16)25-20/h4-7,10-13,15H,1-3,8-9,14H2,(H,22,23,24). The van der Waals surface area contributed by atoms with Crippen molar-refractivity contribution in [2.24, 2.45) is 0 Å². The molecule has 1 aliphatic carbocycles. The minimum atomic E-state index is -0.237. The van der Waals surface area contributed by atoms with Gasteiger partial charge in [-0.3, -0.25) is 4.79 Å². The van der Waals surface area contributed by atoms with Gasteiger partial charge >= 0.3 is 0 Å². The van der Waals surface area contributed by atoms with Crippen LogP contribution in [0, 0.1) is 0 Å². The maximum Gasteiger partial charge on any atom is 0.292 e. The average molecular weight is 366 g/mol. The first-order chi connectivity index (χ1) is 12.8. The van der Waals surface area contributed by atoms with Gasteiger partial charge in [-0.2, -0.15) is 11.8 Å². The number of anilines is 1. The number of para-hydroxylation sites is 1. The second kappa shape index (κ2) is 7.96. The number of carbonyl (C=O) groups excluding carboxylic acids is 1. The second-order valence-corrected chi connectivity index (χ2v) is 7.93. The normalized spacial score (nSPS) is 15.2. The first-order valence-corrected chi connectivity index (χ1v) is 10.2. The molecule has 1 fully saturated rings. The van der Waals surface area contributed by atoms with Crippen LogP contribution in [0.3, 0.4) is 0 Å². The van der Waals surface area contributed by atoms with Crippen LogP contribution >= 0.6 is 11.8 Å². The van der Waals surface area contributed by atoms with Gasteiger partial charge in [-0.25, -0.2) is 4.98 Å². The van der Waals surface area contributed by atoms with Crippen molar-refractivity contribution in [3.63, 3.8) is 0 Å². The molecule has 1 N–H and O–H groups in total. The van der Waals surface area contributed by atoms with Crippen molar-refractivity contribution in [2.75, 3.05) is 5.32 Å². The number of rotatable bonds is 5. The van der Waals surface area contributed by atoms with Gasteiger partial charge in [0.25, 0.3) is 5.91 Å². The fraction of sp³-hybridized carbons (Fsp3) is 0.333. The summed E-state index contributed by atoms with van der Waals surface area (Å²) < 4.78 is 5.92. The van der Waals surface area contributed by atoms with Crippen molar-refractivity contribution in [3.8, 4) is 0 Å². The van der Waals surface area contributed by atoms with Gasteiger partial charge in [-0.15, -0.1) is 0 Å². The number of hydrogen-bond donors (Lipinski definition) is 1. The predicted molar refractivity (Wildman–Crippen MR) is 107 cm³/mol. The average Bonchev–Trinajstić information content (AvgIpc) is 3.07. The number of pyridine rings is 1. The molecule has 0 aliphatic heterocycles. The van der Waals surface area contributed by atoms with E-state index in [0.29, 0.717) is 16.8 Å². The summed E-state index contributed by atoms with van der Waals surface area (Å²) in [5.74, 6) is 1.50. The number of aromatic nitrogens is 1. The largest absolute Gasteiger partial charge is 0.451 e.